The smallest absolute Gasteiger partial charge is 0.0897 e. The zero-order valence-electron chi connectivity index (χ0n) is 12.7. The highest BCUT2D eigenvalue weighted by Crippen LogP contribution is 2.24. The average Bonchev–Trinajstić information content (AvgIpc) is 2.92. The Balaban J connectivity index is 1.69. The van der Waals surface area contributed by atoms with Crippen LogP contribution in [0.5, 0.6) is 0 Å². The lowest BCUT2D eigenvalue weighted by Gasteiger charge is -2.39. The van der Waals surface area contributed by atoms with Crippen LogP contribution in [0.15, 0.2) is 35.7 Å². The van der Waals surface area contributed by atoms with Crippen molar-refractivity contribution < 1.29 is 0 Å². The summed E-state index contributed by atoms with van der Waals surface area (Å²) in [6, 6.07) is 11.9. The van der Waals surface area contributed by atoms with Gasteiger partial charge in [0, 0.05) is 43.5 Å². The monoisotopic (exact) mass is 301 g/mol. The van der Waals surface area contributed by atoms with Gasteiger partial charge in [-0.25, -0.2) is 4.98 Å². The van der Waals surface area contributed by atoms with Crippen molar-refractivity contribution in [2.45, 2.75) is 32.4 Å². The van der Waals surface area contributed by atoms with Gasteiger partial charge >= 0.3 is 0 Å². The van der Waals surface area contributed by atoms with Crippen LogP contribution in [0.25, 0.3) is 0 Å². The summed E-state index contributed by atoms with van der Waals surface area (Å²) in [5.41, 5.74) is 2.64. The standard InChI is InChI=1S/C17H23N3S/c1-13-11-20(9-8-16-12-21-14(2)19-16)17(10-18-13)15-6-4-3-5-7-15/h3-7,12-13,17-18H,8-11H2,1-2H3. The molecule has 2 atom stereocenters. The Morgan fingerprint density at radius 3 is 2.86 bits per heavy atom. The van der Waals surface area contributed by atoms with Crippen molar-refractivity contribution in [3.05, 3.63) is 52.0 Å². The molecule has 0 bridgehead atoms. The van der Waals surface area contributed by atoms with Crippen molar-refractivity contribution in [3.8, 4) is 0 Å². The fraction of sp³-hybridized carbons (Fsp3) is 0.471. The molecule has 0 radical (unpaired) electrons. The number of hydrogen-bond donors (Lipinski definition) is 1. The molecular weight excluding hydrogens is 278 g/mol. The Kier molecular flexibility index (Phi) is 4.68. The second kappa shape index (κ2) is 6.69. The van der Waals surface area contributed by atoms with E-state index < -0.39 is 0 Å². The zero-order chi connectivity index (χ0) is 14.7. The third-order valence-corrected chi connectivity index (χ3v) is 4.94. The van der Waals surface area contributed by atoms with Gasteiger partial charge in [0.25, 0.3) is 0 Å². The highest BCUT2D eigenvalue weighted by Gasteiger charge is 2.26. The Bertz CT molecular complexity index is 566. The van der Waals surface area contributed by atoms with E-state index in [0.29, 0.717) is 12.1 Å². The van der Waals surface area contributed by atoms with Crippen LogP contribution in [0.1, 0.15) is 29.2 Å². The lowest BCUT2D eigenvalue weighted by Crippen LogP contribution is -2.51. The van der Waals surface area contributed by atoms with Crippen LogP contribution in [-0.2, 0) is 6.42 Å². The molecule has 0 spiro atoms. The van der Waals surface area contributed by atoms with Gasteiger partial charge in [-0.3, -0.25) is 4.90 Å². The van der Waals surface area contributed by atoms with Gasteiger partial charge in [-0.15, -0.1) is 11.3 Å². The number of nitrogens with one attached hydrogen (secondary N) is 1. The number of thiazole rings is 1. The molecule has 2 heterocycles. The third-order valence-electron chi connectivity index (χ3n) is 4.11. The van der Waals surface area contributed by atoms with Gasteiger partial charge < -0.3 is 5.32 Å². The minimum atomic E-state index is 0.474. The maximum atomic E-state index is 4.59. The van der Waals surface area contributed by atoms with Crippen molar-refractivity contribution in [2.24, 2.45) is 0 Å². The molecule has 2 aromatic rings. The molecule has 4 heteroatoms. The largest absolute Gasteiger partial charge is 0.311 e. The number of aryl methyl sites for hydroxylation is 1. The Hall–Kier alpha value is -1.23. The van der Waals surface area contributed by atoms with E-state index in [1.165, 1.54) is 16.3 Å². The predicted molar refractivity (Wildman–Crippen MR) is 88.8 cm³/mol. The summed E-state index contributed by atoms with van der Waals surface area (Å²) in [6.45, 7) is 7.55. The molecule has 112 valence electrons. The van der Waals surface area contributed by atoms with Crippen molar-refractivity contribution in [1.29, 1.82) is 0 Å². The molecular formula is C17H23N3S. The van der Waals surface area contributed by atoms with Gasteiger partial charge in [0.1, 0.15) is 0 Å². The number of piperazine rings is 1. The summed E-state index contributed by atoms with van der Waals surface area (Å²) in [5, 5.41) is 6.97. The molecule has 1 aromatic carbocycles. The van der Waals surface area contributed by atoms with Crippen LogP contribution < -0.4 is 5.32 Å². The SMILES string of the molecule is Cc1nc(CCN2CC(C)NCC2c2ccccc2)cs1. The number of nitrogens with zero attached hydrogens (tertiary/aromatic N) is 2. The van der Waals surface area contributed by atoms with Crippen molar-refractivity contribution in [2.75, 3.05) is 19.6 Å². The number of hydrogen-bond acceptors (Lipinski definition) is 4. The van der Waals surface area contributed by atoms with E-state index in [4.69, 9.17) is 0 Å². The molecule has 1 N–H and O–H groups in total. The Labute approximate surface area is 131 Å². The maximum absolute atomic E-state index is 4.59. The van der Waals surface area contributed by atoms with E-state index in [1.54, 1.807) is 11.3 Å². The zero-order valence-corrected chi connectivity index (χ0v) is 13.6. The molecule has 1 aliphatic heterocycles. The molecule has 3 nitrogen and oxygen atoms in total. The second-order valence-electron chi connectivity index (χ2n) is 5.84. The first-order valence-electron chi connectivity index (χ1n) is 7.66. The fourth-order valence-electron chi connectivity index (χ4n) is 3.02. The quantitative estimate of drug-likeness (QED) is 0.941. The van der Waals surface area contributed by atoms with Crippen molar-refractivity contribution >= 4 is 11.3 Å². The molecule has 3 rings (SSSR count). The highest BCUT2D eigenvalue weighted by molar-refractivity contribution is 7.09. The molecule has 1 aromatic heterocycles. The van der Waals surface area contributed by atoms with Crippen LogP contribution in [0, 0.1) is 6.92 Å². The summed E-state index contributed by atoms with van der Waals surface area (Å²) in [4.78, 5) is 7.19. The molecule has 1 saturated heterocycles. The topological polar surface area (TPSA) is 28.2 Å². The normalized spacial score (nSPS) is 23.3. The van der Waals surface area contributed by atoms with Crippen LogP contribution >= 0.6 is 11.3 Å². The van der Waals surface area contributed by atoms with Crippen LogP contribution in [0.4, 0.5) is 0 Å². The Morgan fingerprint density at radius 2 is 2.14 bits per heavy atom. The summed E-state index contributed by atoms with van der Waals surface area (Å²) < 4.78 is 0. The first kappa shape index (κ1) is 14.7. The van der Waals surface area contributed by atoms with E-state index in [-0.39, 0.29) is 0 Å². The first-order chi connectivity index (χ1) is 10.2. The van der Waals surface area contributed by atoms with Gasteiger partial charge in [0.2, 0.25) is 0 Å². The van der Waals surface area contributed by atoms with Crippen molar-refractivity contribution in [1.82, 2.24) is 15.2 Å². The summed E-state index contributed by atoms with van der Waals surface area (Å²) in [7, 11) is 0. The number of rotatable bonds is 4. The van der Waals surface area contributed by atoms with Gasteiger partial charge in [-0.1, -0.05) is 30.3 Å². The van der Waals surface area contributed by atoms with E-state index in [2.05, 4.69) is 64.8 Å². The van der Waals surface area contributed by atoms with Gasteiger partial charge in [0.15, 0.2) is 0 Å². The van der Waals surface area contributed by atoms with E-state index in [9.17, 15) is 0 Å². The van der Waals surface area contributed by atoms with E-state index in [1.807, 2.05) is 0 Å². The lowest BCUT2D eigenvalue weighted by atomic mass is 10.0. The van der Waals surface area contributed by atoms with Gasteiger partial charge in [-0.2, -0.15) is 0 Å². The first-order valence-corrected chi connectivity index (χ1v) is 8.54. The van der Waals surface area contributed by atoms with Crippen molar-refractivity contribution in [3.63, 3.8) is 0 Å². The maximum Gasteiger partial charge on any atom is 0.0897 e. The Morgan fingerprint density at radius 1 is 1.33 bits per heavy atom. The summed E-state index contributed by atoms with van der Waals surface area (Å²) >= 11 is 1.75. The second-order valence-corrected chi connectivity index (χ2v) is 6.90. The number of aromatic nitrogens is 1. The number of benzene rings is 1. The molecule has 1 aliphatic rings. The van der Waals surface area contributed by atoms with Crippen LogP contribution in [-0.4, -0.2) is 35.6 Å². The fourth-order valence-corrected chi connectivity index (χ4v) is 3.66. The molecule has 2 unspecified atom stereocenters. The van der Waals surface area contributed by atoms with Gasteiger partial charge in [0.05, 0.1) is 10.7 Å². The molecule has 0 amide bonds. The highest BCUT2D eigenvalue weighted by atomic mass is 32.1. The predicted octanol–water partition coefficient (Wildman–Crippen LogP) is 3.03. The molecule has 0 aliphatic carbocycles. The van der Waals surface area contributed by atoms with E-state index >= 15 is 0 Å². The average molecular weight is 301 g/mol. The van der Waals surface area contributed by atoms with E-state index in [0.717, 1.165) is 26.1 Å². The summed E-state index contributed by atoms with van der Waals surface area (Å²) in [6.07, 6.45) is 1.04. The lowest BCUT2D eigenvalue weighted by molar-refractivity contribution is 0.137. The minimum absolute atomic E-state index is 0.474. The molecule has 1 fully saturated rings. The minimum Gasteiger partial charge on any atom is -0.311 e. The van der Waals surface area contributed by atoms with Gasteiger partial charge in [-0.05, 0) is 19.4 Å². The van der Waals surface area contributed by atoms with Crippen LogP contribution in [0.2, 0.25) is 0 Å². The van der Waals surface area contributed by atoms with Crippen LogP contribution in [0.3, 0.4) is 0 Å². The molecule has 0 saturated carbocycles. The third kappa shape index (κ3) is 3.70. The molecule has 21 heavy (non-hydrogen) atoms. The summed E-state index contributed by atoms with van der Waals surface area (Å²) in [5.74, 6) is 0.